The van der Waals surface area contributed by atoms with Crippen molar-refractivity contribution in [3.8, 4) is 0 Å². The van der Waals surface area contributed by atoms with Crippen LogP contribution < -0.4 is 0 Å². The third-order valence-electron chi connectivity index (χ3n) is 2.51. The van der Waals surface area contributed by atoms with Crippen molar-refractivity contribution in [2.75, 3.05) is 6.16 Å². The molecule has 7 heteroatoms. The molecule has 1 unspecified atom stereocenters. The zero-order valence-electron chi connectivity index (χ0n) is 12.8. The topological polar surface area (TPSA) is 84.3 Å². The van der Waals surface area contributed by atoms with Gasteiger partial charge >= 0.3 is 7.60 Å². The molecule has 0 N–H and O–H groups in total. The Labute approximate surface area is 125 Å². The fourth-order valence-electron chi connectivity index (χ4n) is 1.91. The van der Waals surface area contributed by atoms with Gasteiger partial charge in [0.25, 0.3) is 0 Å². The van der Waals surface area contributed by atoms with Gasteiger partial charge in [-0.05, 0) is 38.8 Å². The van der Waals surface area contributed by atoms with E-state index in [0.29, 0.717) is 0 Å². The second kappa shape index (κ2) is 8.20. The monoisotopic (exact) mass is 311 g/mol. The van der Waals surface area contributed by atoms with Crippen LogP contribution in [0.3, 0.4) is 0 Å². The summed E-state index contributed by atoms with van der Waals surface area (Å²) in [5.74, 6) is 0. The highest BCUT2D eigenvalue weighted by Crippen LogP contribution is 2.53. The van der Waals surface area contributed by atoms with Crippen LogP contribution in [0.1, 0.15) is 39.3 Å². The summed E-state index contributed by atoms with van der Waals surface area (Å²) in [5, 5.41) is 3.74. The second-order valence-corrected chi connectivity index (χ2v) is 7.24. The Kier molecular flexibility index (Phi) is 6.93. The zero-order chi connectivity index (χ0) is 15.9. The van der Waals surface area contributed by atoms with Gasteiger partial charge in [0, 0.05) is 4.91 Å². The Morgan fingerprint density at radius 3 is 2.10 bits per heavy atom. The smallest absolute Gasteiger partial charge is 0.306 e. The molecule has 1 rings (SSSR count). The largest absolute Gasteiger partial charge is 0.331 e. The summed E-state index contributed by atoms with van der Waals surface area (Å²) in [6, 6.07) is 8.62. The average molecular weight is 311 g/mol. The molecule has 0 saturated heterocycles. The highest BCUT2D eigenvalue weighted by atomic mass is 31.2. The molecule has 0 aliphatic carbocycles. The van der Waals surface area contributed by atoms with Gasteiger partial charge in [-0.15, -0.1) is 0 Å². The molecule has 0 amide bonds. The van der Waals surface area contributed by atoms with Crippen LogP contribution in [0.2, 0.25) is 0 Å². The number of hydrogen-bond acceptors (Lipinski definition) is 4. The van der Waals surface area contributed by atoms with Crippen molar-refractivity contribution in [1.82, 2.24) is 0 Å². The Morgan fingerprint density at radius 1 is 1.14 bits per heavy atom. The Hall–Kier alpha value is -1.32. The fourth-order valence-corrected chi connectivity index (χ4v) is 4.13. The Balaban J connectivity index is 3.02. The number of nitrogens with zero attached hydrogens (tertiary/aromatic N) is 3. The molecule has 0 aliphatic heterocycles. The van der Waals surface area contributed by atoms with E-state index in [1.54, 1.807) is 27.7 Å². The lowest BCUT2D eigenvalue weighted by atomic mass is 10.1. The molecule has 1 aromatic rings. The van der Waals surface area contributed by atoms with E-state index in [0.717, 1.165) is 5.56 Å². The predicted molar refractivity (Wildman–Crippen MR) is 83.2 cm³/mol. The van der Waals surface area contributed by atoms with Crippen LogP contribution in [0.5, 0.6) is 0 Å². The summed E-state index contributed by atoms with van der Waals surface area (Å²) in [6.45, 7) is 7.17. The maximum Gasteiger partial charge on any atom is 0.331 e. The van der Waals surface area contributed by atoms with Crippen LogP contribution in [0.25, 0.3) is 10.4 Å². The molecular weight excluding hydrogens is 289 g/mol. The van der Waals surface area contributed by atoms with Gasteiger partial charge in [-0.2, -0.15) is 0 Å². The zero-order valence-corrected chi connectivity index (χ0v) is 13.7. The van der Waals surface area contributed by atoms with Crippen LogP contribution >= 0.6 is 7.60 Å². The predicted octanol–water partition coefficient (Wildman–Crippen LogP) is 5.08. The summed E-state index contributed by atoms with van der Waals surface area (Å²) in [6.07, 6.45) is -0.452. The summed E-state index contributed by atoms with van der Waals surface area (Å²) >= 11 is 0. The molecular formula is C14H22N3O3P. The fraction of sp³-hybridized carbons (Fsp3) is 0.571. The van der Waals surface area contributed by atoms with Gasteiger partial charge in [-0.3, -0.25) is 4.57 Å². The van der Waals surface area contributed by atoms with Crippen molar-refractivity contribution in [3.63, 3.8) is 0 Å². The van der Waals surface area contributed by atoms with Crippen molar-refractivity contribution >= 4 is 7.60 Å². The summed E-state index contributed by atoms with van der Waals surface area (Å²) in [7, 11) is -3.35. The Bertz CT molecular complexity index is 514. The van der Waals surface area contributed by atoms with E-state index in [-0.39, 0.29) is 18.4 Å². The average Bonchev–Trinajstić information content (AvgIpc) is 2.37. The highest BCUT2D eigenvalue weighted by molar-refractivity contribution is 7.53. The molecule has 6 nitrogen and oxygen atoms in total. The summed E-state index contributed by atoms with van der Waals surface area (Å²) < 4.78 is 23.9. The lowest BCUT2D eigenvalue weighted by Crippen LogP contribution is -2.13. The first-order chi connectivity index (χ1) is 9.86. The van der Waals surface area contributed by atoms with E-state index in [9.17, 15) is 4.57 Å². The van der Waals surface area contributed by atoms with Crippen molar-refractivity contribution in [1.29, 1.82) is 0 Å². The minimum Gasteiger partial charge on any atom is -0.306 e. The molecule has 116 valence electrons. The first-order valence-electron chi connectivity index (χ1n) is 6.91. The molecule has 0 saturated carbocycles. The quantitative estimate of drug-likeness (QED) is 0.290. The molecule has 0 radical (unpaired) electrons. The van der Waals surface area contributed by atoms with Gasteiger partial charge in [-0.1, -0.05) is 35.4 Å². The maximum absolute atomic E-state index is 12.9. The van der Waals surface area contributed by atoms with Gasteiger partial charge in [0.15, 0.2) is 0 Å². The first kappa shape index (κ1) is 17.7. The normalized spacial score (nSPS) is 13.2. The molecule has 1 aromatic carbocycles. The van der Waals surface area contributed by atoms with E-state index in [2.05, 4.69) is 10.0 Å². The highest BCUT2D eigenvalue weighted by Gasteiger charge is 2.31. The molecule has 0 aliphatic rings. The number of benzene rings is 1. The summed E-state index contributed by atoms with van der Waals surface area (Å²) in [4.78, 5) is 2.85. The number of azide groups is 1. The van der Waals surface area contributed by atoms with Gasteiger partial charge in [0.1, 0.15) is 0 Å². The molecule has 0 fully saturated rings. The van der Waals surface area contributed by atoms with Crippen LogP contribution in [0.15, 0.2) is 35.4 Å². The second-order valence-electron chi connectivity index (χ2n) is 5.23. The van der Waals surface area contributed by atoms with E-state index in [1.165, 1.54) is 0 Å². The van der Waals surface area contributed by atoms with Gasteiger partial charge in [-0.25, -0.2) is 0 Å². The Morgan fingerprint density at radius 2 is 1.67 bits per heavy atom. The van der Waals surface area contributed by atoms with Crippen molar-refractivity contribution in [3.05, 3.63) is 46.3 Å². The number of hydrogen-bond donors (Lipinski definition) is 0. The molecule has 0 heterocycles. The standard InChI is InChI=1S/C14H22N3O3P/c1-11(2)19-21(18,20-12(3)4)10-14(16-17-15)13-8-6-5-7-9-13/h5-9,11-12,14H,10H2,1-4H3. The summed E-state index contributed by atoms with van der Waals surface area (Å²) in [5.41, 5.74) is 9.53. The van der Waals surface area contributed by atoms with E-state index < -0.39 is 13.6 Å². The van der Waals surface area contributed by atoms with Crippen molar-refractivity contribution < 1.29 is 13.6 Å². The van der Waals surface area contributed by atoms with Crippen LogP contribution in [0, 0.1) is 0 Å². The molecule has 21 heavy (non-hydrogen) atoms. The maximum atomic E-state index is 12.9. The third kappa shape index (κ3) is 6.32. The lowest BCUT2D eigenvalue weighted by Gasteiger charge is -2.25. The van der Waals surface area contributed by atoms with E-state index >= 15 is 0 Å². The molecule has 0 aromatic heterocycles. The van der Waals surface area contributed by atoms with Gasteiger partial charge in [0.05, 0.1) is 24.4 Å². The first-order valence-corrected chi connectivity index (χ1v) is 8.64. The molecule has 0 bridgehead atoms. The minimum absolute atomic E-state index is 0.0252. The lowest BCUT2D eigenvalue weighted by molar-refractivity contribution is 0.141. The van der Waals surface area contributed by atoms with Crippen molar-refractivity contribution in [2.45, 2.75) is 45.9 Å². The van der Waals surface area contributed by atoms with E-state index in [4.69, 9.17) is 14.6 Å². The van der Waals surface area contributed by atoms with Gasteiger partial charge < -0.3 is 9.05 Å². The van der Waals surface area contributed by atoms with Gasteiger partial charge in [0.2, 0.25) is 0 Å². The van der Waals surface area contributed by atoms with Crippen LogP contribution in [-0.4, -0.2) is 18.4 Å². The van der Waals surface area contributed by atoms with E-state index in [1.807, 2.05) is 30.3 Å². The third-order valence-corrected chi connectivity index (χ3v) is 4.79. The molecule has 0 spiro atoms. The molecule has 1 atom stereocenters. The van der Waals surface area contributed by atoms with Crippen LogP contribution in [-0.2, 0) is 13.6 Å². The van der Waals surface area contributed by atoms with Crippen LogP contribution in [0.4, 0.5) is 0 Å². The van der Waals surface area contributed by atoms with Crippen molar-refractivity contribution in [2.24, 2.45) is 5.11 Å². The SMILES string of the molecule is CC(C)OP(=O)(CC(N=[N+]=[N-])c1ccccc1)OC(C)C. The minimum atomic E-state index is -3.35. The number of rotatable bonds is 8.